The molecule has 0 radical (unpaired) electrons. The molecule has 0 spiro atoms. The van der Waals surface area contributed by atoms with E-state index in [4.69, 9.17) is 4.74 Å². The third-order valence-corrected chi connectivity index (χ3v) is 3.54. The maximum Gasteiger partial charge on any atom is 0.411 e. The monoisotopic (exact) mass is 319 g/mol. The number of benzene rings is 1. The van der Waals surface area contributed by atoms with E-state index in [2.05, 4.69) is 4.74 Å². The molecular weight excluding hydrogens is 298 g/mol. The molecule has 0 saturated carbocycles. The van der Waals surface area contributed by atoms with Crippen LogP contribution < -0.4 is 0 Å². The Hall–Kier alpha value is -2.37. The summed E-state index contributed by atoms with van der Waals surface area (Å²) in [5.41, 5.74) is 0.216. The first-order chi connectivity index (χ1) is 10.8. The Labute approximate surface area is 135 Å². The zero-order valence-corrected chi connectivity index (χ0v) is 13.6. The first-order valence-corrected chi connectivity index (χ1v) is 7.53. The number of esters is 2. The van der Waals surface area contributed by atoms with E-state index in [1.165, 1.54) is 4.90 Å². The average Bonchev–Trinajstić information content (AvgIpc) is 2.47. The van der Waals surface area contributed by atoms with Crippen LogP contribution in [0.3, 0.4) is 0 Å². The summed E-state index contributed by atoms with van der Waals surface area (Å²) in [6.07, 6.45) is -0.248. The van der Waals surface area contributed by atoms with Crippen molar-refractivity contribution in [1.82, 2.24) is 4.90 Å². The highest BCUT2D eigenvalue weighted by atomic mass is 16.6. The molecule has 6 heteroatoms. The first kappa shape index (κ1) is 17.0. The maximum absolute atomic E-state index is 12.5. The second kappa shape index (κ2) is 6.81. The van der Waals surface area contributed by atoms with Gasteiger partial charge in [-0.3, -0.25) is 9.69 Å². The number of nitrogens with zero attached hydrogens (tertiary/aromatic N) is 1. The summed E-state index contributed by atoms with van der Waals surface area (Å²) in [7, 11) is 0. The molecule has 0 unspecified atom stereocenters. The van der Waals surface area contributed by atoms with Crippen molar-refractivity contribution in [2.75, 3.05) is 0 Å². The fourth-order valence-corrected chi connectivity index (χ4v) is 2.50. The van der Waals surface area contributed by atoms with Gasteiger partial charge in [-0.15, -0.1) is 0 Å². The number of carbonyl (C=O) groups is 3. The molecule has 2 rings (SSSR count). The topological polar surface area (TPSA) is 72.9 Å². The molecule has 1 aromatic rings. The van der Waals surface area contributed by atoms with Crippen molar-refractivity contribution < 1.29 is 23.9 Å². The van der Waals surface area contributed by atoms with E-state index in [9.17, 15) is 14.4 Å². The van der Waals surface area contributed by atoms with E-state index in [0.717, 1.165) is 5.56 Å². The summed E-state index contributed by atoms with van der Waals surface area (Å²) in [6, 6.07) is 8.48. The Morgan fingerprint density at radius 2 is 1.91 bits per heavy atom. The van der Waals surface area contributed by atoms with Crippen LogP contribution in [0, 0.1) is 0 Å². The van der Waals surface area contributed by atoms with Gasteiger partial charge in [-0.05, 0) is 32.8 Å². The molecule has 1 saturated heterocycles. The van der Waals surface area contributed by atoms with Crippen molar-refractivity contribution >= 4 is 18.0 Å². The van der Waals surface area contributed by atoms with Crippen molar-refractivity contribution in [3.05, 3.63) is 35.9 Å². The van der Waals surface area contributed by atoms with E-state index in [0.29, 0.717) is 0 Å². The standard InChI is InChI=1S/C17H21NO5/c1-17(2,3)18(13-9-10-14(19)23-15(13)20)16(21)22-11-12-7-5-4-6-8-12/h4-8,13H,9-11H2,1-3H3/t13-/m0/s1. The van der Waals surface area contributed by atoms with Gasteiger partial charge in [0.2, 0.25) is 0 Å². The Morgan fingerprint density at radius 1 is 1.26 bits per heavy atom. The van der Waals surface area contributed by atoms with Crippen molar-refractivity contribution in [3.63, 3.8) is 0 Å². The van der Waals surface area contributed by atoms with Gasteiger partial charge in [-0.1, -0.05) is 30.3 Å². The molecule has 23 heavy (non-hydrogen) atoms. The normalized spacial score (nSPS) is 18.3. The molecule has 1 aliphatic heterocycles. The van der Waals surface area contributed by atoms with Gasteiger partial charge < -0.3 is 9.47 Å². The zero-order chi connectivity index (χ0) is 17.0. The smallest absolute Gasteiger partial charge is 0.411 e. The van der Waals surface area contributed by atoms with Gasteiger partial charge >= 0.3 is 18.0 Å². The maximum atomic E-state index is 12.5. The van der Waals surface area contributed by atoms with Gasteiger partial charge in [0.15, 0.2) is 0 Å². The number of hydrogen-bond acceptors (Lipinski definition) is 5. The molecule has 0 bridgehead atoms. The van der Waals surface area contributed by atoms with Crippen molar-refractivity contribution in [2.45, 2.75) is 51.8 Å². The van der Waals surface area contributed by atoms with Gasteiger partial charge in [0.05, 0.1) is 0 Å². The first-order valence-electron chi connectivity index (χ1n) is 7.53. The Kier molecular flexibility index (Phi) is 5.03. The van der Waals surface area contributed by atoms with Crippen molar-refractivity contribution in [1.29, 1.82) is 0 Å². The summed E-state index contributed by atoms with van der Waals surface area (Å²) in [5, 5.41) is 0. The number of rotatable bonds is 3. The summed E-state index contributed by atoms with van der Waals surface area (Å²) in [5.74, 6) is -1.26. The SMILES string of the molecule is CC(C)(C)N(C(=O)OCc1ccccc1)[C@H]1CCC(=O)OC1=O. The van der Waals surface area contributed by atoms with E-state index >= 15 is 0 Å². The van der Waals surface area contributed by atoms with Gasteiger partial charge in [0.25, 0.3) is 0 Å². The molecule has 1 heterocycles. The van der Waals surface area contributed by atoms with Crippen LogP contribution in [0.4, 0.5) is 4.79 Å². The van der Waals surface area contributed by atoms with Crippen LogP contribution in [-0.2, 0) is 25.7 Å². The molecule has 1 fully saturated rings. The largest absolute Gasteiger partial charge is 0.445 e. The summed E-state index contributed by atoms with van der Waals surface area (Å²) in [4.78, 5) is 37.0. The van der Waals surface area contributed by atoms with Crippen LogP contribution in [-0.4, -0.2) is 34.5 Å². The van der Waals surface area contributed by atoms with Gasteiger partial charge in [0.1, 0.15) is 12.6 Å². The average molecular weight is 319 g/mol. The van der Waals surface area contributed by atoms with Crippen molar-refractivity contribution in [2.24, 2.45) is 0 Å². The zero-order valence-electron chi connectivity index (χ0n) is 13.6. The highest BCUT2D eigenvalue weighted by Crippen LogP contribution is 2.25. The molecule has 1 aliphatic rings. The lowest BCUT2D eigenvalue weighted by molar-refractivity contribution is -0.169. The number of ether oxygens (including phenoxy) is 2. The number of carbonyl (C=O) groups excluding carboxylic acids is 3. The van der Waals surface area contributed by atoms with Gasteiger partial charge in [-0.25, -0.2) is 9.59 Å². The molecule has 0 aromatic heterocycles. The van der Waals surface area contributed by atoms with Crippen LogP contribution in [0.1, 0.15) is 39.2 Å². The predicted octanol–water partition coefficient (Wildman–Crippen LogP) is 2.66. The van der Waals surface area contributed by atoms with Crippen LogP contribution in [0.2, 0.25) is 0 Å². The lowest BCUT2D eigenvalue weighted by Crippen LogP contribution is -2.56. The third-order valence-electron chi connectivity index (χ3n) is 3.54. The summed E-state index contributed by atoms with van der Waals surface area (Å²) < 4.78 is 10.0. The molecule has 6 nitrogen and oxygen atoms in total. The second-order valence-electron chi connectivity index (χ2n) is 6.43. The minimum absolute atomic E-state index is 0.106. The summed E-state index contributed by atoms with van der Waals surface area (Å²) >= 11 is 0. The highest BCUT2D eigenvalue weighted by Gasteiger charge is 2.42. The fraction of sp³-hybridized carbons (Fsp3) is 0.471. The molecule has 0 N–H and O–H groups in total. The van der Waals surface area contributed by atoms with E-state index in [1.807, 2.05) is 30.3 Å². The predicted molar refractivity (Wildman–Crippen MR) is 82.3 cm³/mol. The van der Waals surface area contributed by atoms with E-state index < -0.39 is 29.6 Å². The van der Waals surface area contributed by atoms with Crippen LogP contribution in [0.25, 0.3) is 0 Å². The number of hydrogen-bond donors (Lipinski definition) is 0. The quantitative estimate of drug-likeness (QED) is 0.632. The fourth-order valence-electron chi connectivity index (χ4n) is 2.50. The molecule has 1 aromatic carbocycles. The minimum Gasteiger partial charge on any atom is -0.445 e. The van der Waals surface area contributed by atoms with Gasteiger partial charge in [-0.2, -0.15) is 0 Å². The molecule has 1 atom stereocenters. The van der Waals surface area contributed by atoms with E-state index in [-0.39, 0.29) is 19.4 Å². The Bertz CT molecular complexity index is 591. The van der Waals surface area contributed by atoms with Crippen LogP contribution in [0.5, 0.6) is 0 Å². The van der Waals surface area contributed by atoms with E-state index in [1.54, 1.807) is 20.8 Å². The van der Waals surface area contributed by atoms with Crippen LogP contribution >= 0.6 is 0 Å². The minimum atomic E-state index is -0.809. The summed E-state index contributed by atoms with van der Waals surface area (Å²) in [6.45, 7) is 5.54. The number of cyclic esters (lactones) is 2. The van der Waals surface area contributed by atoms with Gasteiger partial charge in [0, 0.05) is 12.0 Å². The lowest BCUT2D eigenvalue weighted by Gasteiger charge is -2.40. The van der Waals surface area contributed by atoms with Crippen molar-refractivity contribution in [3.8, 4) is 0 Å². The van der Waals surface area contributed by atoms with Crippen LogP contribution in [0.15, 0.2) is 30.3 Å². The molecule has 0 aliphatic carbocycles. The highest BCUT2D eigenvalue weighted by molar-refractivity contribution is 5.93. The molecule has 124 valence electrons. The third kappa shape index (κ3) is 4.31. The Morgan fingerprint density at radius 3 is 2.48 bits per heavy atom. The lowest BCUT2D eigenvalue weighted by atomic mass is 9.99. The second-order valence-corrected chi connectivity index (χ2v) is 6.43. The molecular formula is C17H21NO5. The number of amides is 1. The molecule has 1 amide bonds. The Balaban J connectivity index is 2.10.